The van der Waals surface area contributed by atoms with Crippen LogP contribution >= 0.6 is 11.3 Å². The molecule has 5 nitrogen and oxygen atoms in total. The topological polar surface area (TPSA) is 64.4 Å². The first-order valence-electron chi connectivity index (χ1n) is 8.43. The number of hydrogen-bond donors (Lipinski definition) is 0. The van der Waals surface area contributed by atoms with E-state index in [1.54, 1.807) is 18.2 Å². The Labute approximate surface area is 157 Å². The first-order chi connectivity index (χ1) is 12.5. The number of nitrogens with zero attached hydrogens (tertiary/aromatic N) is 3. The standard InChI is InChI=1S/C18H20FN3O2S2/c1-2-16-7-8-18(25-16)26(23,24)22-11-9-21(10-12-22)17(13-20)14-3-5-15(19)6-4-14/h3-8,17H,2,9-12H2,1H3. The van der Waals surface area contributed by atoms with Gasteiger partial charge in [0.2, 0.25) is 0 Å². The van der Waals surface area contributed by atoms with Gasteiger partial charge < -0.3 is 0 Å². The molecule has 1 saturated heterocycles. The number of rotatable bonds is 5. The number of halogens is 1. The van der Waals surface area contributed by atoms with Gasteiger partial charge >= 0.3 is 0 Å². The lowest BCUT2D eigenvalue weighted by atomic mass is 10.1. The minimum absolute atomic E-state index is 0.334. The van der Waals surface area contributed by atoms with Crippen molar-refractivity contribution in [1.82, 2.24) is 9.21 Å². The van der Waals surface area contributed by atoms with Crippen LogP contribution in [0.5, 0.6) is 0 Å². The normalized spacial score (nSPS) is 17.7. The summed E-state index contributed by atoms with van der Waals surface area (Å²) >= 11 is 1.31. The monoisotopic (exact) mass is 393 g/mol. The summed E-state index contributed by atoms with van der Waals surface area (Å²) in [6, 6.07) is 11.1. The van der Waals surface area contributed by atoms with E-state index in [4.69, 9.17) is 0 Å². The number of benzene rings is 1. The highest BCUT2D eigenvalue weighted by Gasteiger charge is 2.32. The number of thiophene rings is 1. The van der Waals surface area contributed by atoms with E-state index < -0.39 is 16.1 Å². The molecular weight excluding hydrogens is 373 g/mol. The molecule has 0 aliphatic carbocycles. The molecule has 1 atom stereocenters. The maximum Gasteiger partial charge on any atom is 0.252 e. The van der Waals surface area contributed by atoms with Crippen molar-refractivity contribution in [2.75, 3.05) is 26.2 Å². The molecule has 1 aliphatic rings. The minimum atomic E-state index is -3.48. The zero-order chi connectivity index (χ0) is 18.7. The summed E-state index contributed by atoms with van der Waals surface area (Å²) in [5.74, 6) is -0.344. The number of piperazine rings is 1. The Morgan fingerprint density at radius 1 is 1.15 bits per heavy atom. The van der Waals surface area contributed by atoms with Crippen LogP contribution < -0.4 is 0 Å². The van der Waals surface area contributed by atoms with Gasteiger partial charge in [0, 0.05) is 31.1 Å². The van der Waals surface area contributed by atoms with Gasteiger partial charge in [0.05, 0.1) is 6.07 Å². The Balaban J connectivity index is 1.70. The van der Waals surface area contributed by atoms with Crippen molar-refractivity contribution < 1.29 is 12.8 Å². The van der Waals surface area contributed by atoms with Crippen LogP contribution in [0.1, 0.15) is 23.4 Å². The predicted octanol–water partition coefficient (Wildman–Crippen LogP) is 3.02. The van der Waals surface area contributed by atoms with E-state index in [9.17, 15) is 18.1 Å². The number of aryl methyl sites for hydroxylation is 1. The molecule has 1 aliphatic heterocycles. The van der Waals surface area contributed by atoms with E-state index in [2.05, 4.69) is 6.07 Å². The molecule has 3 rings (SSSR count). The van der Waals surface area contributed by atoms with Gasteiger partial charge in [0.1, 0.15) is 16.1 Å². The second-order valence-corrected chi connectivity index (χ2v) is 9.43. The summed E-state index contributed by atoms with van der Waals surface area (Å²) in [6.45, 7) is 3.59. The summed E-state index contributed by atoms with van der Waals surface area (Å²) in [5.41, 5.74) is 0.719. The Bertz CT molecular complexity index is 895. The lowest BCUT2D eigenvalue weighted by Crippen LogP contribution is -2.49. The van der Waals surface area contributed by atoms with Crippen molar-refractivity contribution >= 4 is 21.4 Å². The lowest BCUT2D eigenvalue weighted by molar-refractivity contribution is 0.162. The largest absolute Gasteiger partial charge is 0.282 e. The highest BCUT2D eigenvalue weighted by Crippen LogP contribution is 2.28. The van der Waals surface area contributed by atoms with Crippen molar-refractivity contribution in [3.05, 3.63) is 52.7 Å². The molecule has 8 heteroatoms. The second-order valence-electron chi connectivity index (χ2n) is 6.10. The van der Waals surface area contributed by atoms with Gasteiger partial charge in [0.15, 0.2) is 0 Å². The molecule has 138 valence electrons. The average molecular weight is 394 g/mol. The van der Waals surface area contributed by atoms with E-state index in [1.807, 2.05) is 17.9 Å². The second kappa shape index (κ2) is 7.84. The van der Waals surface area contributed by atoms with Gasteiger partial charge in [-0.2, -0.15) is 9.57 Å². The zero-order valence-electron chi connectivity index (χ0n) is 14.4. The lowest BCUT2D eigenvalue weighted by Gasteiger charge is -2.36. The fourth-order valence-corrected chi connectivity index (χ4v) is 5.90. The van der Waals surface area contributed by atoms with Crippen molar-refractivity contribution in [1.29, 1.82) is 5.26 Å². The molecule has 2 aromatic rings. The molecule has 1 aromatic heterocycles. The molecule has 0 N–H and O–H groups in total. The first kappa shape index (κ1) is 19.0. The highest BCUT2D eigenvalue weighted by atomic mass is 32.2. The molecule has 1 unspecified atom stereocenters. The van der Waals surface area contributed by atoms with Crippen LogP contribution in [0.2, 0.25) is 0 Å². The molecule has 0 bridgehead atoms. The fraction of sp³-hybridized carbons (Fsp3) is 0.389. The summed E-state index contributed by atoms with van der Waals surface area (Å²) in [6.07, 6.45) is 0.815. The maximum absolute atomic E-state index is 13.1. The quantitative estimate of drug-likeness (QED) is 0.783. The molecular formula is C18H20FN3O2S2. The van der Waals surface area contributed by atoms with E-state index in [-0.39, 0.29) is 5.82 Å². The number of hydrogen-bond acceptors (Lipinski definition) is 5. The predicted molar refractivity (Wildman–Crippen MR) is 98.8 cm³/mol. The van der Waals surface area contributed by atoms with Crippen molar-refractivity contribution in [2.24, 2.45) is 0 Å². The summed E-state index contributed by atoms with van der Waals surface area (Å²) < 4.78 is 40.5. The van der Waals surface area contributed by atoms with Crippen LogP contribution in [0.15, 0.2) is 40.6 Å². The minimum Gasteiger partial charge on any atom is -0.282 e. The first-order valence-corrected chi connectivity index (χ1v) is 10.7. The third kappa shape index (κ3) is 3.81. The van der Waals surface area contributed by atoms with E-state index in [0.717, 1.165) is 16.9 Å². The summed E-state index contributed by atoms with van der Waals surface area (Å²) in [5, 5.41) is 9.52. The fourth-order valence-electron chi connectivity index (χ4n) is 3.03. The van der Waals surface area contributed by atoms with Crippen molar-refractivity contribution in [3.8, 4) is 6.07 Å². The van der Waals surface area contributed by atoms with Gasteiger partial charge in [-0.1, -0.05) is 19.1 Å². The van der Waals surface area contributed by atoms with Crippen LogP contribution in [0.4, 0.5) is 4.39 Å². The van der Waals surface area contributed by atoms with Crippen molar-refractivity contribution in [2.45, 2.75) is 23.6 Å². The molecule has 1 fully saturated rings. The van der Waals surface area contributed by atoms with E-state index in [1.165, 1.54) is 27.8 Å². The van der Waals surface area contributed by atoms with Crippen LogP contribution in [-0.4, -0.2) is 43.8 Å². The van der Waals surface area contributed by atoms with Gasteiger partial charge in [-0.15, -0.1) is 11.3 Å². The van der Waals surface area contributed by atoms with E-state index in [0.29, 0.717) is 30.4 Å². The molecule has 0 spiro atoms. The van der Waals surface area contributed by atoms with Gasteiger partial charge in [-0.05, 0) is 36.2 Å². The Hall–Kier alpha value is -1.79. The van der Waals surface area contributed by atoms with Crippen LogP contribution in [0.3, 0.4) is 0 Å². The van der Waals surface area contributed by atoms with Crippen LogP contribution in [-0.2, 0) is 16.4 Å². The summed E-state index contributed by atoms with van der Waals surface area (Å²) in [4.78, 5) is 2.98. The Morgan fingerprint density at radius 2 is 1.81 bits per heavy atom. The molecule has 0 amide bonds. The SMILES string of the molecule is CCc1ccc(S(=O)(=O)N2CCN(C(C#N)c3ccc(F)cc3)CC2)s1. The summed E-state index contributed by atoms with van der Waals surface area (Å²) in [7, 11) is -3.48. The molecule has 1 aromatic carbocycles. The average Bonchev–Trinajstić information content (AvgIpc) is 3.14. The van der Waals surface area contributed by atoms with Gasteiger partial charge in [0.25, 0.3) is 10.0 Å². The van der Waals surface area contributed by atoms with Crippen LogP contribution in [0, 0.1) is 17.1 Å². The molecule has 0 saturated carbocycles. The number of sulfonamides is 1. The highest BCUT2D eigenvalue weighted by molar-refractivity contribution is 7.91. The number of nitriles is 1. The molecule has 2 heterocycles. The third-order valence-electron chi connectivity index (χ3n) is 4.53. The van der Waals surface area contributed by atoms with E-state index >= 15 is 0 Å². The smallest absolute Gasteiger partial charge is 0.252 e. The third-order valence-corrected chi connectivity index (χ3v) is 8.12. The van der Waals surface area contributed by atoms with Crippen molar-refractivity contribution in [3.63, 3.8) is 0 Å². The zero-order valence-corrected chi connectivity index (χ0v) is 16.1. The van der Waals surface area contributed by atoms with Gasteiger partial charge in [-0.3, -0.25) is 4.90 Å². The van der Waals surface area contributed by atoms with Gasteiger partial charge in [-0.25, -0.2) is 12.8 Å². The Morgan fingerprint density at radius 3 is 2.35 bits per heavy atom. The van der Waals surface area contributed by atoms with Crippen LogP contribution in [0.25, 0.3) is 0 Å². The molecule has 0 radical (unpaired) electrons. The molecule has 26 heavy (non-hydrogen) atoms. The Kier molecular flexibility index (Phi) is 5.73. The maximum atomic E-state index is 13.1.